The number of ether oxygens (including phenoxy) is 1. The molecule has 0 unspecified atom stereocenters. The van der Waals surface area contributed by atoms with Crippen LogP contribution in [0.25, 0.3) is 0 Å². The van der Waals surface area contributed by atoms with Crippen LogP contribution < -0.4 is 0 Å². The van der Waals surface area contributed by atoms with Gasteiger partial charge in [0.1, 0.15) is 11.3 Å². The van der Waals surface area contributed by atoms with Crippen molar-refractivity contribution in [1.29, 1.82) is 0 Å². The first-order chi connectivity index (χ1) is 6.56. The highest BCUT2D eigenvalue weighted by Gasteiger charge is 2.13. The van der Waals surface area contributed by atoms with Gasteiger partial charge in [0.2, 0.25) is 0 Å². The van der Waals surface area contributed by atoms with Crippen LogP contribution in [-0.4, -0.2) is 23.3 Å². The number of aromatic hydroxyl groups is 1. The molecule has 14 heavy (non-hydrogen) atoms. The van der Waals surface area contributed by atoms with Crippen molar-refractivity contribution in [2.75, 3.05) is 7.11 Å². The number of halogens is 1. The molecule has 4 nitrogen and oxygen atoms in total. The molecule has 0 spiro atoms. The van der Waals surface area contributed by atoms with Gasteiger partial charge in [-0.2, -0.15) is 0 Å². The van der Waals surface area contributed by atoms with Crippen LogP contribution in [-0.2, 0) is 11.3 Å². The zero-order valence-electron chi connectivity index (χ0n) is 7.45. The molecule has 0 aliphatic heterocycles. The third-order valence-corrected chi connectivity index (χ3v) is 2.27. The van der Waals surface area contributed by atoms with Crippen LogP contribution in [0.1, 0.15) is 15.9 Å². The Bertz CT molecular complexity index is 362. The minimum absolute atomic E-state index is 0.133. The highest BCUT2D eigenvalue weighted by Crippen LogP contribution is 2.29. The van der Waals surface area contributed by atoms with E-state index in [1.165, 1.54) is 13.2 Å². The summed E-state index contributed by atoms with van der Waals surface area (Å²) < 4.78 is 5.21. The molecule has 0 amide bonds. The maximum Gasteiger partial charge on any atom is 0.339 e. The Morgan fingerprint density at radius 3 is 2.71 bits per heavy atom. The van der Waals surface area contributed by atoms with E-state index in [0.717, 1.165) is 0 Å². The average Bonchev–Trinajstić information content (AvgIpc) is 2.11. The number of hydrogen-bond donors (Lipinski definition) is 2. The maximum absolute atomic E-state index is 10.7. The van der Waals surface area contributed by atoms with Crippen molar-refractivity contribution in [2.45, 2.75) is 6.61 Å². The van der Waals surface area contributed by atoms with E-state index in [9.17, 15) is 9.90 Å². The lowest BCUT2D eigenvalue weighted by Gasteiger charge is -2.06. The number of methoxy groups -OCH3 is 1. The summed E-state index contributed by atoms with van der Waals surface area (Å²) in [5.41, 5.74) is 0.556. The molecule has 0 aliphatic carbocycles. The molecular weight excluding hydrogens is 252 g/mol. The van der Waals surface area contributed by atoms with E-state index in [2.05, 4.69) is 15.9 Å². The Morgan fingerprint density at radius 2 is 2.21 bits per heavy atom. The van der Waals surface area contributed by atoms with Gasteiger partial charge in [-0.25, -0.2) is 4.79 Å². The normalized spacial score (nSPS) is 10.1. The lowest BCUT2D eigenvalue weighted by Crippen LogP contribution is -1.99. The van der Waals surface area contributed by atoms with Crippen LogP contribution in [0.4, 0.5) is 0 Å². The van der Waals surface area contributed by atoms with Gasteiger partial charge < -0.3 is 14.9 Å². The van der Waals surface area contributed by atoms with Gasteiger partial charge in [0.05, 0.1) is 11.1 Å². The van der Waals surface area contributed by atoms with E-state index in [1.807, 2.05) is 0 Å². The molecule has 0 bridgehead atoms. The van der Waals surface area contributed by atoms with Gasteiger partial charge in [-0.3, -0.25) is 0 Å². The van der Waals surface area contributed by atoms with E-state index >= 15 is 0 Å². The fraction of sp³-hybridized carbons (Fsp3) is 0.222. The van der Waals surface area contributed by atoms with Crippen molar-refractivity contribution in [1.82, 2.24) is 0 Å². The Morgan fingerprint density at radius 1 is 1.57 bits per heavy atom. The number of rotatable bonds is 3. The molecule has 0 aromatic heterocycles. The molecular formula is C9H9BrO4. The fourth-order valence-corrected chi connectivity index (χ4v) is 1.58. The van der Waals surface area contributed by atoms with E-state index in [-0.39, 0.29) is 11.3 Å². The first-order valence-corrected chi connectivity index (χ1v) is 4.59. The van der Waals surface area contributed by atoms with Gasteiger partial charge in [-0.1, -0.05) is 0 Å². The fourth-order valence-electron chi connectivity index (χ4n) is 1.07. The van der Waals surface area contributed by atoms with Crippen molar-refractivity contribution in [2.24, 2.45) is 0 Å². The standard InChI is InChI=1S/C9H9BrO4/c1-14-4-5-2-6(9(12)13)8(11)7(10)3-5/h2-3,11H,4H2,1H3,(H,12,13). The summed E-state index contributed by atoms with van der Waals surface area (Å²) in [5, 5.41) is 18.2. The molecule has 0 atom stereocenters. The number of benzene rings is 1. The third kappa shape index (κ3) is 2.24. The molecule has 1 aromatic rings. The minimum atomic E-state index is -1.17. The third-order valence-electron chi connectivity index (χ3n) is 1.66. The van der Waals surface area contributed by atoms with Gasteiger partial charge in [0.15, 0.2) is 0 Å². The molecule has 1 rings (SSSR count). The molecule has 0 heterocycles. The summed E-state index contributed by atoms with van der Waals surface area (Å²) >= 11 is 3.07. The van der Waals surface area contributed by atoms with E-state index in [0.29, 0.717) is 16.6 Å². The van der Waals surface area contributed by atoms with Crippen LogP contribution in [0.15, 0.2) is 16.6 Å². The first-order valence-electron chi connectivity index (χ1n) is 3.80. The Kier molecular flexibility index (Phi) is 3.49. The SMILES string of the molecule is COCc1cc(Br)c(O)c(C(=O)O)c1. The zero-order chi connectivity index (χ0) is 10.7. The van der Waals surface area contributed by atoms with Crippen molar-refractivity contribution < 1.29 is 19.7 Å². The number of hydrogen-bond acceptors (Lipinski definition) is 3. The lowest BCUT2D eigenvalue weighted by atomic mass is 10.1. The second-order valence-corrected chi connectivity index (χ2v) is 3.57. The van der Waals surface area contributed by atoms with Gasteiger partial charge in [0, 0.05) is 7.11 Å². The number of carboxylic acids is 1. The van der Waals surface area contributed by atoms with Crippen molar-refractivity contribution in [3.63, 3.8) is 0 Å². The van der Waals surface area contributed by atoms with Crippen molar-refractivity contribution >= 4 is 21.9 Å². The van der Waals surface area contributed by atoms with Gasteiger partial charge in [0.25, 0.3) is 0 Å². The first kappa shape index (κ1) is 11.0. The smallest absolute Gasteiger partial charge is 0.339 e. The number of carbonyl (C=O) groups is 1. The minimum Gasteiger partial charge on any atom is -0.506 e. The summed E-state index contributed by atoms with van der Waals surface area (Å²) in [5.74, 6) is -1.43. The molecule has 0 aliphatic rings. The quantitative estimate of drug-likeness (QED) is 0.873. The zero-order valence-corrected chi connectivity index (χ0v) is 9.04. The highest BCUT2D eigenvalue weighted by atomic mass is 79.9. The molecule has 0 radical (unpaired) electrons. The van der Waals surface area contributed by atoms with Gasteiger partial charge in [-0.15, -0.1) is 0 Å². The van der Waals surface area contributed by atoms with Gasteiger partial charge in [-0.05, 0) is 33.6 Å². The van der Waals surface area contributed by atoms with Crippen LogP contribution in [0.3, 0.4) is 0 Å². The number of carboxylic acid groups (broad SMARTS) is 1. The summed E-state index contributed by atoms with van der Waals surface area (Å²) in [6, 6.07) is 3.00. The van der Waals surface area contributed by atoms with E-state index in [4.69, 9.17) is 9.84 Å². The molecule has 2 N–H and O–H groups in total. The highest BCUT2D eigenvalue weighted by molar-refractivity contribution is 9.10. The predicted octanol–water partition coefficient (Wildman–Crippen LogP) is 2.00. The summed E-state index contributed by atoms with van der Waals surface area (Å²) in [7, 11) is 1.52. The van der Waals surface area contributed by atoms with Crippen molar-refractivity contribution in [3.05, 3.63) is 27.7 Å². The Hall–Kier alpha value is -1.07. The predicted molar refractivity (Wildman–Crippen MR) is 53.5 cm³/mol. The van der Waals surface area contributed by atoms with Crippen LogP contribution in [0.5, 0.6) is 5.75 Å². The van der Waals surface area contributed by atoms with E-state index < -0.39 is 5.97 Å². The summed E-state index contributed by atoms with van der Waals surface area (Å²) in [6.45, 7) is 0.305. The number of aromatic carboxylic acids is 1. The molecule has 5 heteroatoms. The van der Waals surface area contributed by atoms with Crippen molar-refractivity contribution in [3.8, 4) is 5.75 Å². The van der Waals surface area contributed by atoms with E-state index in [1.54, 1.807) is 6.07 Å². The average molecular weight is 261 g/mol. The molecule has 0 fully saturated rings. The Labute approximate surface area is 89.3 Å². The summed E-state index contributed by atoms with van der Waals surface area (Å²) in [4.78, 5) is 10.7. The lowest BCUT2D eigenvalue weighted by molar-refractivity contribution is 0.0693. The maximum atomic E-state index is 10.7. The summed E-state index contributed by atoms with van der Waals surface area (Å²) in [6.07, 6.45) is 0. The van der Waals surface area contributed by atoms with Crippen LogP contribution >= 0.6 is 15.9 Å². The number of phenols is 1. The molecule has 1 aromatic carbocycles. The molecule has 0 saturated heterocycles. The second-order valence-electron chi connectivity index (χ2n) is 2.71. The topological polar surface area (TPSA) is 66.8 Å². The molecule has 0 saturated carbocycles. The van der Waals surface area contributed by atoms with Crippen LogP contribution in [0, 0.1) is 0 Å². The van der Waals surface area contributed by atoms with Gasteiger partial charge >= 0.3 is 5.97 Å². The van der Waals surface area contributed by atoms with Crippen LogP contribution in [0.2, 0.25) is 0 Å². The second kappa shape index (κ2) is 4.43. The monoisotopic (exact) mass is 260 g/mol. The largest absolute Gasteiger partial charge is 0.506 e. The Balaban J connectivity index is 3.21. The molecule has 76 valence electrons.